The molecule has 1 N–H and O–H groups in total. The zero-order chi connectivity index (χ0) is 24.1. The molecule has 178 valence electrons. The van der Waals surface area contributed by atoms with Gasteiger partial charge in [-0.1, -0.05) is 19.8 Å². The van der Waals surface area contributed by atoms with E-state index in [1.54, 1.807) is 6.92 Å². The second-order valence-corrected chi connectivity index (χ2v) is 8.13. The number of ether oxygens (including phenoxy) is 3. The lowest BCUT2D eigenvalue weighted by Gasteiger charge is -2.34. The molecule has 0 spiro atoms. The van der Waals surface area contributed by atoms with E-state index in [1.807, 2.05) is 0 Å². The van der Waals surface area contributed by atoms with Crippen LogP contribution in [0.2, 0.25) is 0 Å². The Labute approximate surface area is 192 Å². The third-order valence-electron chi connectivity index (χ3n) is 6.02. The highest BCUT2D eigenvalue weighted by Gasteiger charge is 2.42. The number of dihydropyridines is 1. The Morgan fingerprint density at radius 2 is 1.88 bits per heavy atom. The first-order chi connectivity index (χ1) is 15.8. The lowest BCUT2D eigenvalue weighted by Crippen LogP contribution is -2.34. The van der Waals surface area contributed by atoms with Crippen LogP contribution in [0.1, 0.15) is 63.9 Å². The summed E-state index contributed by atoms with van der Waals surface area (Å²) in [7, 11) is 2.82. The van der Waals surface area contributed by atoms with Crippen molar-refractivity contribution in [2.24, 2.45) is 0 Å². The molecule has 1 atom stereocenters. The SMILES string of the molecule is CCCCCOC(=O)C1=C(C)NC2=C(C(=O)CCC2)[C@@H]1c1cc(OC)c(OC)cc1[N+](=O)[O-]. The fourth-order valence-electron chi connectivity index (χ4n) is 4.43. The van der Waals surface area contributed by atoms with Gasteiger partial charge in [-0.15, -0.1) is 0 Å². The number of nitrogens with one attached hydrogen (secondary N) is 1. The smallest absolute Gasteiger partial charge is 0.336 e. The van der Waals surface area contributed by atoms with Crippen molar-refractivity contribution in [1.29, 1.82) is 0 Å². The van der Waals surface area contributed by atoms with Gasteiger partial charge in [0.2, 0.25) is 0 Å². The van der Waals surface area contributed by atoms with Crippen LogP contribution < -0.4 is 14.8 Å². The van der Waals surface area contributed by atoms with E-state index in [2.05, 4.69) is 12.2 Å². The van der Waals surface area contributed by atoms with Gasteiger partial charge in [0.25, 0.3) is 5.69 Å². The number of esters is 1. The molecule has 33 heavy (non-hydrogen) atoms. The summed E-state index contributed by atoms with van der Waals surface area (Å²) in [5.41, 5.74) is 1.74. The van der Waals surface area contributed by atoms with Gasteiger partial charge in [0.05, 0.1) is 43.3 Å². The predicted octanol–water partition coefficient (Wildman–Crippen LogP) is 4.31. The van der Waals surface area contributed by atoms with Gasteiger partial charge < -0.3 is 19.5 Å². The molecule has 1 aromatic rings. The molecule has 0 amide bonds. The van der Waals surface area contributed by atoms with Gasteiger partial charge in [-0.2, -0.15) is 0 Å². The van der Waals surface area contributed by atoms with Gasteiger partial charge in [-0.05, 0) is 32.3 Å². The molecule has 3 rings (SSSR count). The number of hydrogen-bond donors (Lipinski definition) is 1. The summed E-state index contributed by atoms with van der Waals surface area (Å²) in [4.78, 5) is 37.8. The van der Waals surface area contributed by atoms with E-state index in [0.717, 1.165) is 19.3 Å². The molecule has 0 saturated carbocycles. The maximum atomic E-state index is 13.2. The number of methoxy groups -OCH3 is 2. The van der Waals surface area contributed by atoms with Crippen LogP contribution in [0.4, 0.5) is 5.69 Å². The molecule has 0 saturated heterocycles. The van der Waals surface area contributed by atoms with Crippen LogP contribution in [0.15, 0.2) is 34.7 Å². The third kappa shape index (κ3) is 4.86. The van der Waals surface area contributed by atoms with Crippen LogP contribution in [0.3, 0.4) is 0 Å². The summed E-state index contributed by atoms with van der Waals surface area (Å²) in [5, 5.41) is 15.2. The van der Waals surface area contributed by atoms with Crippen LogP contribution in [0.5, 0.6) is 11.5 Å². The number of ketones is 1. The molecule has 9 nitrogen and oxygen atoms in total. The summed E-state index contributed by atoms with van der Waals surface area (Å²) >= 11 is 0. The van der Waals surface area contributed by atoms with Crippen LogP contribution >= 0.6 is 0 Å². The van der Waals surface area contributed by atoms with E-state index in [4.69, 9.17) is 14.2 Å². The van der Waals surface area contributed by atoms with E-state index in [-0.39, 0.29) is 40.7 Å². The zero-order valence-corrected chi connectivity index (χ0v) is 19.5. The van der Waals surface area contributed by atoms with Crippen molar-refractivity contribution in [3.05, 3.63) is 50.4 Å². The Morgan fingerprint density at radius 3 is 2.52 bits per heavy atom. The molecule has 0 unspecified atom stereocenters. The molecule has 0 aromatic heterocycles. The molecule has 0 radical (unpaired) electrons. The van der Waals surface area contributed by atoms with Gasteiger partial charge >= 0.3 is 5.97 Å². The molecular weight excluding hydrogens is 428 g/mol. The summed E-state index contributed by atoms with van der Waals surface area (Å²) in [6, 6.07) is 2.75. The molecular formula is C24H30N2O7. The number of Topliss-reactive ketones (excluding diaryl/α,β-unsaturated/α-hetero) is 1. The molecule has 0 fully saturated rings. The Hall–Kier alpha value is -3.36. The third-order valence-corrected chi connectivity index (χ3v) is 6.02. The van der Waals surface area contributed by atoms with Crippen LogP contribution in [-0.4, -0.2) is 37.5 Å². The first-order valence-corrected chi connectivity index (χ1v) is 11.1. The van der Waals surface area contributed by atoms with E-state index in [1.165, 1.54) is 26.4 Å². The number of benzene rings is 1. The van der Waals surface area contributed by atoms with Crippen LogP contribution in [-0.2, 0) is 14.3 Å². The van der Waals surface area contributed by atoms with Crippen molar-refractivity contribution in [2.75, 3.05) is 20.8 Å². The molecule has 1 aliphatic heterocycles. The normalized spacial score (nSPS) is 17.9. The van der Waals surface area contributed by atoms with E-state index < -0.39 is 16.8 Å². The fraction of sp³-hybridized carbons (Fsp3) is 0.500. The number of allylic oxidation sites excluding steroid dienone is 3. The summed E-state index contributed by atoms with van der Waals surface area (Å²) in [5.74, 6) is -1.20. The van der Waals surface area contributed by atoms with Crippen molar-refractivity contribution in [3.63, 3.8) is 0 Å². The van der Waals surface area contributed by atoms with Crippen molar-refractivity contribution in [3.8, 4) is 11.5 Å². The van der Waals surface area contributed by atoms with Crippen molar-refractivity contribution < 1.29 is 28.7 Å². The monoisotopic (exact) mass is 458 g/mol. The maximum absolute atomic E-state index is 13.2. The highest BCUT2D eigenvalue weighted by Crippen LogP contribution is 2.48. The van der Waals surface area contributed by atoms with Crippen LogP contribution in [0, 0.1) is 10.1 Å². The predicted molar refractivity (Wildman–Crippen MR) is 121 cm³/mol. The lowest BCUT2D eigenvalue weighted by atomic mass is 9.74. The number of nitro benzene ring substituents is 1. The first kappa shape index (κ1) is 24.3. The molecule has 1 aromatic carbocycles. The quantitative estimate of drug-likeness (QED) is 0.252. The Kier molecular flexibility index (Phi) is 7.73. The average Bonchev–Trinajstić information content (AvgIpc) is 2.80. The lowest BCUT2D eigenvalue weighted by molar-refractivity contribution is -0.385. The molecule has 0 bridgehead atoms. The first-order valence-electron chi connectivity index (χ1n) is 11.1. The van der Waals surface area contributed by atoms with Gasteiger partial charge in [0.1, 0.15) is 0 Å². The standard InChI is InChI=1S/C24H30N2O7/c1-5-6-7-11-33-24(28)21-14(2)25-16-9-8-10-18(27)23(16)22(21)15-12-19(31-3)20(32-4)13-17(15)26(29)30/h12-13,22,25H,5-11H2,1-4H3/t22-/m1/s1. The number of nitro groups is 1. The molecule has 9 heteroatoms. The number of unbranched alkanes of at least 4 members (excludes halogenated alkanes) is 2. The topological polar surface area (TPSA) is 117 Å². The Balaban J connectivity index is 2.19. The summed E-state index contributed by atoms with van der Waals surface area (Å²) in [6.45, 7) is 4.02. The minimum absolute atomic E-state index is 0.137. The van der Waals surface area contributed by atoms with Gasteiger partial charge in [-0.25, -0.2) is 4.79 Å². The second-order valence-electron chi connectivity index (χ2n) is 8.13. The number of rotatable bonds is 9. The highest BCUT2D eigenvalue weighted by atomic mass is 16.6. The van der Waals surface area contributed by atoms with E-state index in [0.29, 0.717) is 36.2 Å². The van der Waals surface area contributed by atoms with Crippen molar-refractivity contribution in [1.82, 2.24) is 5.32 Å². The number of hydrogen-bond acceptors (Lipinski definition) is 8. The van der Waals surface area contributed by atoms with Crippen molar-refractivity contribution in [2.45, 2.75) is 58.3 Å². The fourth-order valence-corrected chi connectivity index (χ4v) is 4.43. The van der Waals surface area contributed by atoms with Crippen molar-refractivity contribution >= 4 is 17.4 Å². The molecule has 1 heterocycles. The zero-order valence-electron chi connectivity index (χ0n) is 19.5. The number of carbonyl (C=O) groups excluding carboxylic acids is 2. The second kappa shape index (κ2) is 10.5. The van der Waals surface area contributed by atoms with Crippen LogP contribution in [0.25, 0.3) is 0 Å². The Morgan fingerprint density at radius 1 is 1.18 bits per heavy atom. The average molecular weight is 459 g/mol. The minimum Gasteiger partial charge on any atom is -0.493 e. The number of nitrogens with zero attached hydrogens (tertiary/aromatic N) is 1. The largest absolute Gasteiger partial charge is 0.493 e. The Bertz CT molecular complexity index is 1030. The van der Waals surface area contributed by atoms with Gasteiger partial charge in [-0.3, -0.25) is 14.9 Å². The summed E-state index contributed by atoms with van der Waals surface area (Å²) < 4.78 is 16.2. The molecule has 2 aliphatic rings. The van der Waals surface area contributed by atoms with E-state index in [9.17, 15) is 19.7 Å². The van der Waals surface area contributed by atoms with Gasteiger partial charge in [0.15, 0.2) is 17.3 Å². The minimum atomic E-state index is -0.937. The molecule has 1 aliphatic carbocycles. The number of carbonyl (C=O) groups is 2. The van der Waals surface area contributed by atoms with Gasteiger partial charge in [0, 0.05) is 29.0 Å². The maximum Gasteiger partial charge on any atom is 0.336 e. The highest BCUT2D eigenvalue weighted by molar-refractivity contribution is 6.04. The summed E-state index contributed by atoms with van der Waals surface area (Å²) in [6.07, 6.45) is 4.23. The van der Waals surface area contributed by atoms with E-state index >= 15 is 0 Å².